The zero-order valence-electron chi connectivity index (χ0n) is 13.2. The van der Waals surface area contributed by atoms with Gasteiger partial charge in [0, 0.05) is 11.1 Å². The standard InChI is InChI=1S/C8H5Cl3O3.C8H6Cl2O3/c9-4-1-6(11)7(2-5(4)10)14-3-8(12)13;9-5-1-2-7(6(10)3-5)13-4-8(11)12/h1-2H,3H2,(H,12,13);1-3H,4H2,(H,11,12). The molecule has 0 saturated carbocycles. The Morgan fingerprint density at radius 2 is 1.19 bits per heavy atom. The number of halogens is 5. The Bertz CT molecular complexity index is 827. The van der Waals surface area contributed by atoms with Crippen LogP contribution in [0.4, 0.5) is 0 Å². The van der Waals surface area contributed by atoms with Crippen LogP contribution in [0.2, 0.25) is 25.1 Å². The van der Waals surface area contributed by atoms with Crippen molar-refractivity contribution in [2.24, 2.45) is 0 Å². The second-order valence-corrected chi connectivity index (χ2v) is 6.70. The molecule has 6 nitrogen and oxygen atoms in total. The summed E-state index contributed by atoms with van der Waals surface area (Å²) >= 11 is 28.4. The lowest BCUT2D eigenvalue weighted by Crippen LogP contribution is -2.09. The van der Waals surface area contributed by atoms with Gasteiger partial charge in [-0.3, -0.25) is 0 Å². The van der Waals surface area contributed by atoms with E-state index >= 15 is 0 Å². The third-order valence-corrected chi connectivity index (χ3v) is 4.12. The Kier molecular flexibility index (Phi) is 9.83. The molecule has 0 radical (unpaired) electrons. The number of carboxylic acids is 2. The van der Waals surface area contributed by atoms with Crippen molar-refractivity contribution in [1.29, 1.82) is 0 Å². The largest absolute Gasteiger partial charge is 0.480 e. The number of ether oxygens (including phenoxy) is 2. The van der Waals surface area contributed by atoms with Crippen LogP contribution in [0.5, 0.6) is 11.5 Å². The van der Waals surface area contributed by atoms with E-state index in [1.807, 2.05) is 0 Å². The fourth-order valence-corrected chi connectivity index (χ4v) is 2.54. The van der Waals surface area contributed by atoms with Crippen molar-refractivity contribution in [3.63, 3.8) is 0 Å². The predicted octanol–water partition coefficient (Wildman–Crippen LogP) is 5.57. The van der Waals surface area contributed by atoms with Gasteiger partial charge in [-0.05, 0) is 24.3 Å². The smallest absolute Gasteiger partial charge is 0.341 e. The molecule has 0 heterocycles. The van der Waals surface area contributed by atoms with Crippen LogP contribution in [0, 0.1) is 0 Å². The lowest BCUT2D eigenvalue weighted by Gasteiger charge is -2.06. The number of hydrogen-bond donors (Lipinski definition) is 2. The van der Waals surface area contributed by atoms with Gasteiger partial charge in [0.25, 0.3) is 0 Å². The van der Waals surface area contributed by atoms with Gasteiger partial charge in [-0.2, -0.15) is 0 Å². The molecule has 11 heteroatoms. The first-order chi connectivity index (χ1) is 12.6. The lowest BCUT2D eigenvalue weighted by atomic mass is 10.3. The van der Waals surface area contributed by atoms with E-state index < -0.39 is 25.2 Å². The lowest BCUT2D eigenvalue weighted by molar-refractivity contribution is -0.140. The SMILES string of the molecule is O=C(O)COc1cc(Cl)c(Cl)cc1Cl.O=C(O)COc1ccc(Cl)cc1Cl. The first-order valence-electron chi connectivity index (χ1n) is 6.89. The molecule has 27 heavy (non-hydrogen) atoms. The highest BCUT2D eigenvalue weighted by Crippen LogP contribution is 2.33. The van der Waals surface area contributed by atoms with Crippen molar-refractivity contribution < 1.29 is 29.3 Å². The van der Waals surface area contributed by atoms with E-state index in [2.05, 4.69) is 0 Å². The summed E-state index contributed by atoms with van der Waals surface area (Å²) in [4.78, 5) is 20.4. The van der Waals surface area contributed by atoms with Crippen LogP contribution in [0.3, 0.4) is 0 Å². The Morgan fingerprint density at radius 1 is 0.704 bits per heavy atom. The van der Waals surface area contributed by atoms with E-state index in [0.717, 1.165) is 0 Å². The summed E-state index contributed by atoms with van der Waals surface area (Å²) in [6, 6.07) is 7.34. The number of aliphatic carboxylic acids is 2. The van der Waals surface area contributed by atoms with E-state index in [1.54, 1.807) is 6.07 Å². The molecule has 2 N–H and O–H groups in total. The summed E-state index contributed by atoms with van der Waals surface area (Å²) in [6.07, 6.45) is 0. The average Bonchev–Trinajstić information content (AvgIpc) is 2.56. The van der Waals surface area contributed by atoms with E-state index in [4.69, 9.17) is 77.7 Å². The Hall–Kier alpha value is -1.57. The number of benzene rings is 2. The van der Waals surface area contributed by atoms with E-state index in [-0.39, 0.29) is 15.8 Å². The van der Waals surface area contributed by atoms with Crippen molar-refractivity contribution in [3.05, 3.63) is 55.4 Å². The molecule has 0 unspecified atom stereocenters. The van der Waals surface area contributed by atoms with Gasteiger partial charge >= 0.3 is 11.9 Å². The second-order valence-electron chi connectivity index (χ2n) is 4.64. The highest BCUT2D eigenvalue weighted by Gasteiger charge is 2.08. The van der Waals surface area contributed by atoms with E-state index in [9.17, 15) is 9.59 Å². The van der Waals surface area contributed by atoms with Gasteiger partial charge < -0.3 is 19.7 Å². The van der Waals surface area contributed by atoms with E-state index in [0.29, 0.717) is 20.8 Å². The maximum Gasteiger partial charge on any atom is 0.341 e. The molecule has 2 rings (SSSR count). The Morgan fingerprint density at radius 3 is 1.70 bits per heavy atom. The molecule has 0 fully saturated rings. The monoisotopic (exact) mass is 474 g/mol. The fourth-order valence-electron chi connectivity index (χ4n) is 1.49. The molecule has 0 bridgehead atoms. The zero-order chi connectivity index (χ0) is 20.6. The summed E-state index contributed by atoms with van der Waals surface area (Å²) in [5.74, 6) is -1.63. The van der Waals surface area contributed by atoms with Crippen LogP contribution in [0.25, 0.3) is 0 Å². The number of carbonyl (C=O) groups is 2. The predicted molar refractivity (Wildman–Crippen MR) is 104 cm³/mol. The second kappa shape index (κ2) is 11.3. The first kappa shape index (κ1) is 23.5. The molecular weight excluding hydrogens is 465 g/mol. The minimum absolute atomic E-state index is 0.198. The fraction of sp³-hybridized carbons (Fsp3) is 0.125. The van der Waals surface area contributed by atoms with Crippen molar-refractivity contribution >= 4 is 69.9 Å². The van der Waals surface area contributed by atoms with Crippen molar-refractivity contribution in [3.8, 4) is 11.5 Å². The molecule has 0 aliphatic carbocycles. The quantitative estimate of drug-likeness (QED) is 0.530. The summed E-state index contributed by atoms with van der Waals surface area (Å²) in [5, 5.41) is 18.2. The number of rotatable bonds is 6. The molecule has 0 saturated heterocycles. The summed E-state index contributed by atoms with van der Waals surface area (Å²) in [6.45, 7) is -0.890. The van der Waals surface area contributed by atoms with Crippen molar-refractivity contribution in [2.75, 3.05) is 13.2 Å². The van der Waals surface area contributed by atoms with Gasteiger partial charge in [-0.15, -0.1) is 0 Å². The third-order valence-electron chi connectivity index (χ3n) is 2.57. The highest BCUT2D eigenvalue weighted by atomic mass is 35.5. The van der Waals surface area contributed by atoms with Crippen molar-refractivity contribution in [2.45, 2.75) is 0 Å². The van der Waals surface area contributed by atoms with Gasteiger partial charge in [-0.25, -0.2) is 9.59 Å². The third kappa shape index (κ3) is 8.77. The molecule has 2 aromatic carbocycles. The molecule has 2 aromatic rings. The normalized spacial score (nSPS) is 9.81. The molecule has 0 amide bonds. The van der Waals surface area contributed by atoms with Gasteiger partial charge in [0.05, 0.1) is 20.1 Å². The molecule has 0 aliphatic heterocycles. The molecule has 146 valence electrons. The topological polar surface area (TPSA) is 93.1 Å². The van der Waals surface area contributed by atoms with Gasteiger partial charge in [0.2, 0.25) is 0 Å². The zero-order valence-corrected chi connectivity index (χ0v) is 17.0. The minimum Gasteiger partial charge on any atom is -0.480 e. The Balaban J connectivity index is 0.000000271. The maximum absolute atomic E-state index is 10.2. The van der Waals surface area contributed by atoms with Gasteiger partial charge in [0.1, 0.15) is 11.5 Å². The molecule has 0 aromatic heterocycles. The number of carboxylic acid groups (broad SMARTS) is 2. The molecular formula is C16H11Cl5O6. The summed E-state index contributed by atoms with van der Waals surface area (Å²) in [5.41, 5.74) is 0. The van der Waals surface area contributed by atoms with Crippen LogP contribution in [0.1, 0.15) is 0 Å². The summed E-state index contributed by atoms with van der Waals surface area (Å²) < 4.78 is 9.72. The van der Waals surface area contributed by atoms with Gasteiger partial charge in [0.15, 0.2) is 13.2 Å². The summed E-state index contributed by atoms with van der Waals surface area (Å²) in [7, 11) is 0. The average molecular weight is 477 g/mol. The molecule has 0 aliphatic rings. The van der Waals surface area contributed by atoms with Crippen LogP contribution >= 0.6 is 58.0 Å². The molecule has 0 atom stereocenters. The van der Waals surface area contributed by atoms with Crippen LogP contribution < -0.4 is 9.47 Å². The highest BCUT2D eigenvalue weighted by molar-refractivity contribution is 6.43. The van der Waals surface area contributed by atoms with Crippen LogP contribution in [-0.2, 0) is 9.59 Å². The first-order valence-corrected chi connectivity index (χ1v) is 8.78. The van der Waals surface area contributed by atoms with Crippen LogP contribution in [-0.4, -0.2) is 35.4 Å². The number of hydrogen-bond acceptors (Lipinski definition) is 4. The van der Waals surface area contributed by atoms with Gasteiger partial charge in [-0.1, -0.05) is 58.0 Å². The molecule has 0 spiro atoms. The maximum atomic E-state index is 10.2. The van der Waals surface area contributed by atoms with E-state index in [1.165, 1.54) is 24.3 Å². The Labute approximate surface area is 179 Å². The minimum atomic E-state index is -1.09. The van der Waals surface area contributed by atoms with Crippen molar-refractivity contribution in [1.82, 2.24) is 0 Å². The van der Waals surface area contributed by atoms with Crippen LogP contribution in [0.15, 0.2) is 30.3 Å².